The molecule has 18 heavy (non-hydrogen) atoms. The molecule has 0 bridgehead atoms. The summed E-state index contributed by atoms with van der Waals surface area (Å²) in [6, 6.07) is 11.8. The van der Waals surface area contributed by atoms with E-state index in [9.17, 15) is 0 Å². The highest BCUT2D eigenvalue weighted by Crippen LogP contribution is 2.30. The Balaban J connectivity index is 2.28. The van der Waals surface area contributed by atoms with Gasteiger partial charge >= 0.3 is 0 Å². The molecule has 0 aromatic heterocycles. The van der Waals surface area contributed by atoms with Crippen molar-refractivity contribution in [2.45, 2.75) is 13.5 Å². The average Bonchev–Trinajstić information content (AvgIpc) is 2.34. The van der Waals surface area contributed by atoms with Crippen molar-refractivity contribution in [2.75, 3.05) is 0 Å². The molecule has 2 nitrogen and oxygen atoms in total. The molecule has 0 spiro atoms. The van der Waals surface area contributed by atoms with Gasteiger partial charge in [0.1, 0.15) is 11.5 Å². The highest BCUT2D eigenvalue weighted by atomic mass is 79.9. The fourth-order valence-corrected chi connectivity index (χ4v) is 2.43. The summed E-state index contributed by atoms with van der Waals surface area (Å²) in [5.41, 5.74) is 7.78. The molecule has 0 atom stereocenters. The molecule has 2 N–H and O–H groups in total. The number of nitrogens with two attached hydrogens (primary N) is 1. The molecule has 0 aliphatic rings. The minimum absolute atomic E-state index is 0.511. The fraction of sp³-hybridized carbons (Fsp3) is 0.143. The van der Waals surface area contributed by atoms with E-state index in [-0.39, 0.29) is 0 Å². The standard InChI is InChI=1S/C14H13Br2NO/c1-9-2-4-11(15)6-14(9)18-12-5-3-10(8-17)13(16)7-12/h2-7H,8,17H2,1H3. The summed E-state index contributed by atoms with van der Waals surface area (Å²) in [5.74, 6) is 1.64. The van der Waals surface area contributed by atoms with Crippen LogP contribution in [0.3, 0.4) is 0 Å². The van der Waals surface area contributed by atoms with E-state index in [2.05, 4.69) is 31.9 Å². The van der Waals surface area contributed by atoms with Crippen LogP contribution in [0.25, 0.3) is 0 Å². The number of aryl methyl sites for hydroxylation is 1. The highest BCUT2D eigenvalue weighted by Gasteiger charge is 2.05. The number of hydrogen-bond donors (Lipinski definition) is 1. The van der Waals surface area contributed by atoms with Crippen LogP contribution >= 0.6 is 31.9 Å². The Morgan fingerprint density at radius 3 is 2.56 bits per heavy atom. The van der Waals surface area contributed by atoms with Crippen LogP contribution in [-0.4, -0.2) is 0 Å². The first-order chi connectivity index (χ1) is 8.60. The molecule has 0 radical (unpaired) electrons. The van der Waals surface area contributed by atoms with Gasteiger partial charge in [0.05, 0.1) is 0 Å². The van der Waals surface area contributed by atoms with E-state index in [1.807, 2.05) is 43.3 Å². The van der Waals surface area contributed by atoms with Gasteiger partial charge in [-0.2, -0.15) is 0 Å². The van der Waals surface area contributed by atoms with Crippen LogP contribution in [0.1, 0.15) is 11.1 Å². The van der Waals surface area contributed by atoms with E-state index >= 15 is 0 Å². The first-order valence-electron chi connectivity index (χ1n) is 5.52. The smallest absolute Gasteiger partial charge is 0.131 e. The van der Waals surface area contributed by atoms with Gasteiger partial charge in [0.15, 0.2) is 0 Å². The summed E-state index contributed by atoms with van der Waals surface area (Å²) in [4.78, 5) is 0. The van der Waals surface area contributed by atoms with Crippen LogP contribution in [0.2, 0.25) is 0 Å². The van der Waals surface area contributed by atoms with Crippen molar-refractivity contribution in [1.29, 1.82) is 0 Å². The quantitative estimate of drug-likeness (QED) is 0.844. The molecular weight excluding hydrogens is 358 g/mol. The highest BCUT2D eigenvalue weighted by molar-refractivity contribution is 9.10. The van der Waals surface area contributed by atoms with Crippen molar-refractivity contribution in [2.24, 2.45) is 5.73 Å². The van der Waals surface area contributed by atoms with Crippen LogP contribution < -0.4 is 10.5 Å². The molecule has 0 aliphatic carbocycles. The minimum Gasteiger partial charge on any atom is -0.457 e. The summed E-state index contributed by atoms with van der Waals surface area (Å²) < 4.78 is 7.84. The Kier molecular flexibility index (Phi) is 4.43. The summed E-state index contributed by atoms with van der Waals surface area (Å²) in [7, 11) is 0. The summed E-state index contributed by atoms with van der Waals surface area (Å²) in [6.45, 7) is 2.53. The summed E-state index contributed by atoms with van der Waals surface area (Å²) >= 11 is 6.93. The van der Waals surface area contributed by atoms with E-state index in [1.165, 1.54) is 0 Å². The van der Waals surface area contributed by atoms with Gasteiger partial charge < -0.3 is 10.5 Å². The largest absolute Gasteiger partial charge is 0.457 e. The van der Waals surface area contributed by atoms with E-state index in [0.29, 0.717) is 6.54 Å². The SMILES string of the molecule is Cc1ccc(Br)cc1Oc1ccc(CN)c(Br)c1. The van der Waals surface area contributed by atoms with Crippen molar-refractivity contribution < 1.29 is 4.74 Å². The van der Waals surface area contributed by atoms with Gasteiger partial charge in [0.2, 0.25) is 0 Å². The number of halogens is 2. The Labute approximate surface area is 123 Å². The Morgan fingerprint density at radius 2 is 1.89 bits per heavy atom. The fourth-order valence-electron chi connectivity index (χ4n) is 1.57. The molecule has 0 fully saturated rings. The molecule has 0 saturated heterocycles. The molecular formula is C14H13Br2NO. The van der Waals surface area contributed by atoms with E-state index in [0.717, 1.165) is 31.6 Å². The zero-order chi connectivity index (χ0) is 13.1. The van der Waals surface area contributed by atoms with Crippen molar-refractivity contribution in [3.8, 4) is 11.5 Å². The van der Waals surface area contributed by atoms with Crippen molar-refractivity contribution >= 4 is 31.9 Å². The zero-order valence-corrected chi connectivity index (χ0v) is 13.1. The lowest BCUT2D eigenvalue weighted by Gasteiger charge is -2.10. The molecule has 0 aliphatic heterocycles. The van der Waals surface area contributed by atoms with E-state index in [1.54, 1.807) is 0 Å². The maximum Gasteiger partial charge on any atom is 0.131 e. The number of benzene rings is 2. The number of hydrogen-bond acceptors (Lipinski definition) is 2. The lowest BCUT2D eigenvalue weighted by molar-refractivity contribution is 0.478. The van der Waals surface area contributed by atoms with Crippen LogP contribution in [0.4, 0.5) is 0 Å². The van der Waals surface area contributed by atoms with Gasteiger partial charge in [-0.05, 0) is 42.3 Å². The second-order valence-corrected chi connectivity index (χ2v) is 5.74. The second kappa shape index (κ2) is 5.87. The van der Waals surface area contributed by atoms with Crippen LogP contribution in [0.5, 0.6) is 11.5 Å². The van der Waals surface area contributed by atoms with Gasteiger partial charge in [0, 0.05) is 15.5 Å². The van der Waals surface area contributed by atoms with Crippen LogP contribution in [0.15, 0.2) is 45.3 Å². The molecule has 0 saturated carbocycles. The maximum atomic E-state index is 5.87. The minimum atomic E-state index is 0.511. The molecule has 2 aromatic rings. The van der Waals surface area contributed by atoms with Gasteiger partial charge in [0.25, 0.3) is 0 Å². The summed E-state index contributed by atoms with van der Waals surface area (Å²) in [5, 5.41) is 0. The van der Waals surface area contributed by atoms with Gasteiger partial charge in [-0.3, -0.25) is 0 Å². The molecule has 0 heterocycles. The monoisotopic (exact) mass is 369 g/mol. The molecule has 0 unspecified atom stereocenters. The molecule has 2 aromatic carbocycles. The third-order valence-electron chi connectivity index (χ3n) is 2.62. The Morgan fingerprint density at radius 1 is 1.11 bits per heavy atom. The van der Waals surface area contributed by atoms with Gasteiger partial charge in [-0.25, -0.2) is 0 Å². The molecule has 94 valence electrons. The third kappa shape index (κ3) is 3.13. The Hall–Kier alpha value is -0.840. The topological polar surface area (TPSA) is 35.2 Å². The molecule has 0 amide bonds. The molecule has 4 heteroatoms. The predicted molar refractivity (Wildman–Crippen MR) is 81.0 cm³/mol. The average molecular weight is 371 g/mol. The van der Waals surface area contributed by atoms with Gasteiger partial charge in [-0.15, -0.1) is 0 Å². The predicted octanol–water partition coefficient (Wildman–Crippen LogP) is 4.77. The lowest BCUT2D eigenvalue weighted by Crippen LogP contribution is -1.97. The third-order valence-corrected chi connectivity index (χ3v) is 3.85. The lowest BCUT2D eigenvalue weighted by atomic mass is 10.2. The number of rotatable bonds is 3. The van der Waals surface area contributed by atoms with Crippen molar-refractivity contribution in [1.82, 2.24) is 0 Å². The van der Waals surface area contributed by atoms with Crippen molar-refractivity contribution in [3.05, 3.63) is 56.5 Å². The molecule has 2 rings (SSSR count). The second-order valence-electron chi connectivity index (χ2n) is 3.97. The van der Waals surface area contributed by atoms with E-state index < -0.39 is 0 Å². The normalized spacial score (nSPS) is 10.4. The first kappa shape index (κ1) is 13.6. The Bertz CT molecular complexity index is 570. The maximum absolute atomic E-state index is 5.87. The summed E-state index contributed by atoms with van der Waals surface area (Å²) in [6.07, 6.45) is 0. The number of ether oxygens (including phenoxy) is 1. The first-order valence-corrected chi connectivity index (χ1v) is 7.11. The van der Waals surface area contributed by atoms with Crippen molar-refractivity contribution in [3.63, 3.8) is 0 Å². The zero-order valence-electron chi connectivity index (χ0n) is 9.91. The van der Waals surface area contributed by atoms with E-state index in [4.69, 9.17) is 10.5 Å². The van der Waals surface area contributed by atoms with Crippen LogP contribution in [-0.2, 0) is 6.54 Å². The van der Waals surface area contributed by atoms with Crippen LogP contribution in [0, 0.1) is 6.92 Å². The van der Waals surface area contributed by atoms with Gasteiger partial charge in [-0.1, -0.05) is 44.0 Å².